The number of rotatable bonds is 8. The van der Waals surface area contributed by atoms with Gasteiger partial charge in [-0.25, -0.2) is 0 Å². The second-order valence-electron chi connectivity index (χ2n) is 6.26. The number of hydrogen-bond acceptors (Lipinski definition) is 5. The Labute approximate surface area is 122 Å². The standard InChI is InChI=1S/C15H29N3O2/c1-7-9-16-12(15(3,4)5)10-13-17-14(18-20-13)11(8-2)19-6/h11-12,16H,7-10H2,1-6H3. The molecule has 1 aromatic heterocycles. The Morgan fingerprint density at radius 1 is 1.30 bits per heavy atom. The minimum Gasteiger partial charge on any atom is -0.373 e. The van der Waals surface area contributed by atoms with Crippen LogP contribution < -0.4 is 5.32 Å². The molecule has 0 saturated carbocycles. The van der Waals surface area contributed by atoms with E-state index in [2.05, 4.69) is 43.2 Å². The lowest BCUT2D eigenvalue weighted by atomic mass is 9.84. The first-order chi connectivity index (χ1) is 9.42. The molecular weight excluding hydrogens is 254 g/mol. The maximum Gasteiger partial charge on any atom is 0.228 e. The van der Waals surface area contributed by atoms with Crippen molar-refractivity contribution in [3.05, 3.63) is 11.7 Å². The van der Waals surface area contributed by atoms with Crippen LogP contribution in [-0.2, 0) is 11.2 Å². The van der Waals surface area contributed by atoms with Gasteiger partial charge in [-0.05, 0) is 24.8 Å². The first-order valence-corrected chi connectivity index (χ1v) is 7.51. The molecule has 2 unspecified atom stereocenters. The Morgan fingerprint density at radius 3 is 2.50 bits per heavy atom. The fraction of sp³-hybridized carbons (Fsp3) is 0.867. The third-order valence-electron chi connectivity index (χ3n) is 3.49. The van der Waals surface area contributed by atoms with Gasteiger partial charge in [-0.15, -0.1) is 0 Å². The molecule has 1 rings (SSSR count). The summed E-state index contributed by atoms with van der Waals surface area (Å²) in [6.07, 6.45) is 2.62. The zero-order chi connectivity index (χ0) is 15.2. The van der Waals surface area contributed by atoms with Gasteiger partial charge in [-0.3, -0.25) is 0 Å². The average Bonchev–Trinajstić information content (AvgIpc) is 2.83. The highest BCUT2D eigenvalue weighted by molar-refractivity contribution is 4.95. The minimum atomic E-state index is -0.0795. The normalized spacial score (nSPS) is 15.3. The number of nitrogens with zero attached hydrogens (tertiary/aromatic N) is 2. The van der Waals surface area contributed by atoms with Crippen molar-refractivity contribution in [2.24, 2.45) is 5.41 Å². The number of aromatic nitrogens is 2. The van der Waals surface area contributed by atoms with Gasteiger partial charge in [0.05, 0.1) is 0 Å². The quantitative estimate of drug-likeness (QED) is 0.794. The van der Waals surface area contributed by atoms with Gasteiger partial charge in [0, 0.05) is 19.6 Å². The van der Waals surface area contributed by atoms with Crippen LogP contribution in [0.15, 0.2) is 4.52 Å². The van der Waals surface area contributed by atoms with Crippen LogP contribution in [0, 0.1) is 5.41 Å². The molecule has 5 nitrogen and oxygen atoms in total. The van der Waals surface area contributed by atoms with E-state index in [-0.39, 0.29) is 11.5 Å². The van der Waals surface area contributed by atoms with Crippen LogP contribution in [0.25, 0.3) is 0 Å². The summed E-state index contributed by atoms with van der Waals surface area (Å²) in [5.74, 6) is 1.33. The van der Waals surface area contributed by atoms with Crippen molar-refractivity contribution >= 4 is 0 Å². The summed E-state index contributed by atoms with van der Waals surface area (Å²) in [6, 6.07) is 0.318. The lowest BCUT2D eigenvalue weighted by Crippen LogP contribution is -2.42. The lowest BCUT2D eigenvalue weighted by Gasteiger charge is -2.30. The fourth-order valence-corrected chi connectivity index (χ4v) is 2.11. The molecule has 0 aromatic carbocycles. The minimum absolute atomic E-state index is 0.0795. The van der Waals surface area contributed by atoms with E-state index in [1.165, 1.54) is 0 Å². The van der Waals surface area contributed by atoms with Crippen LogP contribution >= 0.6 is 0 Å². The molecule has 1 aromatic rings. The summed E-state index contributed by atoms with van der Waals surface area (Å²) in [5, 5.41) is 7.60. The van der Waals surface area contributed by atoms with E-state index in [1.807, 2.05) is 6.92 Å². The fourth-order valence-electron chi connectivity index (χ4n) is 2.11. The van der Waals surface area contributed by atoms with Crippen LogP contribution in [0.5, 0.6) is 0 Å². The van der Waals surface area contributed by atoms with Crippen molar-refractivity contribution in [2.45, 2.75) is 66.0 Å². The van der Waals surface area contributed by atoms with Crippen molar-refractivity contribution in [1.82, 2.24) is 15.5 Å². The predicted molar refractivity (Wildman–Crippen MR) is 79.6 cm³/mol. The Hall–Kier alpha value is -0.940. The van der Waals surface area contributed by atoms with Crippen LogP contribution in [0.2, 0.25) is 0 Å². The molecule has 2 atom stereocenters. The summed E-state index contributed by atoms with van der Waals surface area (Å²) < 4.78 is 10.7. The van der Waals surface area contributed by atoms with E-state index in [4.69, 9.17) is 9.26 Å². The molecule has 0 amide bonds. The SMILES string of the molecule is CCCNC(Cc1nc(C(CC)OC)no1)C(C)(C)C. The van der Waals surface area contributed by atoms with Gasteiger partial charge in [0.1, 0.15) is 6.10 Å². The van der Waals surface area contributed by atoms with Gasteiger partial charge < -0.3 is 14.6 Å². The number of nitrogens with one attached hydrogen (secondary N) is 1. The second kappa shape index (κ2) is 7.74. The van der Waals surface area contributed by atoms with Crippen molar-refractivity contribution in [1.29, 1.82) is 0 Å². The molecule has 0 bridgehead atoms. The van der Waals surface area contributed by atoms with E-state index in [0.29, 0.717) is 17.8 Å². The summed E-state index contributed by atoms with van der Waals surface area (Å²) >= 11 is 0. The maximum atomic E-state index is 5.37. The Bertz CT molecular complexity index is 381. The Balaban J connectivity index is 2.74. The maximum absolute atomic E-state index is 5.37. The Kier molecular flexibility index (Phi) is 6.62. The average molecular weight is 283 g/mol. The largest absolute Gasteiger partial charge is 0.373 e. The third kappa shape index (κ3) is 4.87. The van der Waals surface area contributed by atoms with Gasteiger partial charge >= 0.3 is 0 Å². The van der Waals surface area contributed by atoms with Crippen LogP contribution in [-0.4, -0.2) is 29.8 Å². The highest BCUT2D eigenvalue weighted by Gasteiger charge is 2.27. The zero-order valence-electron chi connectivity index (χ0n) is 13.7. The molecule has 20 heavy (non-hydrogen) atoms. The molecule has 1 N–H and O–H groups in total. The monoisotopic (exact) mass is 283 g/mol. The molecule has 0 aliphatic rings. The molecule has 0 fully saturated rings. The van der Waals surface area contributed by atoms with Crippen LogP contribution in [0.1, 0.15) is 65.3 Å². The van der Waals surface area contributed by atoms with Crippen LogP contribution in [0.3, 0.4) is 0 Å². The van der Waals surface area contributed by atoms with E-state index < -0.39 is 0 Å². The van der Waals surface area contributed by atoms with Crippen molar-refractivity contribution in [3.63, 3.8) is 0 Å². The highest BCUT2D eigenvalue weighted by Crippen LogP contribution is 2.23. The van der Waals surface area contributed by atoms with Gasteiger partial charge in [-0.2, -0.15) is 4.98 Å². The number of ether oxygens (including phenoxy) is 1. The van der Waals surface area contributed by atoms with E-state index in [0.717, 1.165) is 25.8 Å². The summed E-state index contributed by atoms with van der Waals surface area (Å²) in [4.78, 5) is 4.47. The molecule has 0 saturated heterocycles. The first kappa shape index (κ1) is 17.1. The highest BCUT2D eigenvalue weighted by atomic mass is 16.5. The summed E-state index contributed by atoms with van der Waals surface area (Å²) in [5.41, 5.74) is 0.148. The molecule has 0 aliphatic heterocycles. The van der Waals surface area contributed by atoms with Crippen LogP contribution in [0.4, 0.5) is 0 Å². The van der Waals surface area contributed by atoms with Gasteiger partial charge in [0.25, 0.3) is 0 Å². The molecule has 5 heteroatoms. The van der Waals surface area contributed by atoms with Gasteiger partial charge in [-0.1, -0.05) is 39.8 Å². The van der Waals surface area contributed by atoms with E-state index >= 15 is 0 Å². The third-order valence-corrected chi connectivity index (χ3v) is 3.49. The molecular formula is C15H29N3O2. The first-order valence-electron chi connectivity index (χ1n) is 7.51. The molecule has 0 aliphatic carbocycles. The smallest absolute Gasteiger partial charge is 0.228 e. The zero-order valence-corrected chi connectivity index (χ0v) is 13.7. The molecule has 116 valence electrons. The van der Waals surface area contributed by atoms with Crippen molar-refractivity contribution in [3.8, 4) is 0 Å². The lowest BCUT2D eigenvalue weighted by molar-refractivity contribution is 0.0903. The molecule has 0 radical (unpaired) electrons. The molecule has 1 heterocycles. The second-order valence-corrected chi connectivity index (χ2v) is 6.26. The summed E-state index contributed by atoms with van der Waals surface area (Å²) in [7, 11) is 1.67. The molecule has 0 spiro atoms. The Morgan fingerprint density at radius 2 is 2.00 bits per heavy atom. The number of hydrogen-bond donors (Lipinski definition) is 1. The summed E-state index contributed by atoms with van der Waals surface area (Å²) in [6.45, 7) is 11.9. The van der Waals surface area contributed by atoms with E-state index in [9.17, 15) is 0 Å². The topological polar surface area (TPSA) is 60.2 Å². The van der Waals surface area contributed by atoms with Crippen molar-refractivity contribution < 1.29 is 9.26 Å². The van der Waals surface area contributed by atoms with E-state index in [1.54, 1.807) is 7.11 Å². The van der Waals surface area contributed by atoms with Crippen molar-refractivity contribution in [2.75, 3.05) is 13.7 Å². The predicted octanol–water partition coefficient (Wildman–Crippen LogP) is 3.12. The number of methoxy groups -OCH3 is 1. The van der Waals surface area contributed by atoms with Gasteiger partial charge in [0.2, 0.25) is 11.7 Å². The van der Waals surface area contributed by atoms with Gasteiger partial charge in [0.15, 0.2) is 0 Å².